The summed E-state index contributed by atoms with van der Waals surface area (Å²) >= 11 is 0. The summed E-state index contributed by atoms with van der Waals surface area (Å²) in [5.41, 5.74) is 2.60. The monoisotopic (exact) mass is 436 g/mol. The number of carboxylic acids is 1. The van der Waals surface area contributed by atoms with Gasteiger partial charge in [0.25, 0.3) is 0 Å². The number of aromatic carboxylic acids is 1. The quantitative estimate of drug-likeness (QED) is 0.451. The molecular weight excluding hydrogens is 415 g/mol. The van der Waals surface area contributed by atoms with Crippen molar-refractivity contribution in [3.63, 3.8) is 0 Å². The number of aromatic nitrogens is 3. The molecule has 3 heterocycles. The molecule has 4 rings (SSSR count). The van der Waals surface area contributed by atoms with Gasteiger partial charge in [0.05, 0.1) is 28.9 Å². The number of nitrogens with one attached hydrogen (secondary N) is 1. The first-order chi connectivity index (χ1) is 15.2. The predicted molar refractivity (Wildman–Crippen MR) is 117 cm³/mol. The van der Waals surface area contributed by atoms with Crippen LogP contribution in [0.15, 0.2) is 45.9 Å². The van der Waals surface area contributed by atoms with Gasteiger partial charge in [-0.2, -0.15) is 9.49 Å². The molecule has 1 aromatic carbocycles. The summed E-state index contributed by atoms with van der Waals surface area (Å²) in [6, 6.07) is 5.55. The Kier molecular flexibility index (Phi) is 5.25. The SMILES string of the molecule is Cc1cc([C@@H](C)Nc2ccc(F)nc2C(=O)O)c2oc(-c3cnn(C)c3)c(C)c(=O)c2c1. The third kappa shape index (κ3) is 3.73. The average molecular weight is 436 g/mol. The van der Waals surface area contributed by atoms with E-state index in [4.69, 9.17) is 4.42 Å². The van der Waals surface area contributed by atoms with Crippen molar-refractivity contribution < 1.29 is 18.7 Å². The molecule has 0 spiro atoms. The number of hydrogen-bond donors (Lipinski definition) is 2. The van der Waals surface area contributed by atoms with E-state index in [0.29, 0.717) is 33.4 Å². The van der Waals surface area contributed by atoms with Gasteiger partial charge in [0, 0.05) is 24.4 Å². The van der Waals surface area contributed by atoms with Crippen molar-refractivity contribution in [1.82, 2.24) is 14.8 Å². The third-order valence-electron chi connectivity index (χ3n) is 5.26. The maximum atomic E-state index is 13.5. The zero-order valence-electron chi connectivity index (χ0n) is 17.9. The van der Waals surface area contributed by atoms with E-state index in [0.717, 1.165) is 11.6 Å². The lowest BCUT2D eigenvalue weighted by Crippen LogP contribution is -2.15. The first-order valence-electron chi connectivity index (χ1n) is 9.89. The molecule has 0 saturated heterocycles. The van der Waals surface area contributed by atoms with Crippen LogP contribution in [0.2, 0.25) is 0 Å². The molecule has 32 heavy (non-hydrogen) atoms. The predicted octanol–water partition coefficient (Wildman–Crippen LogP) is 4.22. The summed E-state index contributed by atoms with van der Waals surface area (Å²) in [7, 11) is 1.77. The molecule has 0 aliphatic heterocycles. The second kappa shape index (κ2) is 7.92. The molecule has 4 aromatic rings. The van der Waals surface area contributed by atoms with Crippen molar-refractivity contribution in [2.24, 2.45) is 7.05 Å². The number of pyridine rings is 1. The highest BCUT2D eigenvalue weighted by Gasteiger charge is 2.21. The summed E-state index contributed by atoms with van der Waals surface area (Å²) in [6.07, 6.45) is 3.38. The number of nitrogens with zero attached hydrogens (tertiary/aromatic N) is 3. The van der Waals surface area contributed by atoms with Gasteiger partial charge in [-0.05, 0) is 44.5 Å². The summed E-state index contributed by atoms with van der Waals surface area (Å²) < 4.78 is 21.3. The average Bonchev–Trinajstić information content (AvgIpc) is 3.17. The van der Waals surface area contributed by atoms with E-state index < -0.39 is 23.7 Å². The Bertz CT molecular complexity index is 1420. The molecule has 3 aromatic heterocycles. The molecule has 0 bridgehead atoms. The van der Waals surface area contributed by atoms with Gasteiger partial charge in [-0.25, -0.2) is 9.78 Å². The van der Waals surface area contributed by atoms with Crippen LogP contribution in [0.4, 0.5) is 10.1 Å². The van der Waals surface area contributed by atoms with Gasteiger partial charge < -0.3 is 14.8 Å². The number of carboxylic acid groups (broad SMARTS) is 1. The fourth-order valence-electron chi connectivity index (χ4n) is 3.73. The zero-order valence-corrected chi connectivity index (χ0v) is 17.9. The molecule has 0 aliphatic rings. The molecule has 0 unspecified atom stereocenters. The van der Waals surface area contributed by atoms with Crippen LogP contribution in [0.25, 0.3) is 22.3 Å². The third-order valence-corrected chi connectivity index (χ3v) is 5.26. The molecule has 0 aliphatic carbocycles. The molecular formula is C23H21FN4O4. The van der Waals surface area contributed by atoms with Crippen LogP contribution in [-0.2, 0) is 7.05 Å². The van der Waals surface area contributed by atoms with Gasteiger partial charge >= 0.3 is 5.97 Å². The standard InChI is InChI=1S/C23H21FN4O4/c1-11-7-15(13(3)26-17-5-6-18(24)27-19(17)23(30)31)22-16(8-11)20(29)12(2)21(32-22)14-9-25-28(4)10-14/h5-10,13,26H,1-4H3,(H,30,31)/t13-/m1/s1. The van der Waals surface area contributed by atoms with Crippen molar-refractivity contribution in [1.29, 1.82) is 0 Å². The van der Waals surface area contributed by atoms with E-state index in [-0.39, 0.29) is 11.1 Å². The van der Waals surface area contributed by atoms with Crippen LogP contribution in [-0.4, -0.2) is 25.8 Å². The van der Waals surface area contributed by atoms with Crippen LogP contribution in [0.5, 0.6) is 0 Å². The summed E-state index contributed by atoms with van der Waals surface area (Å²) in [6.45, 7) is 5.37. The normalized spacial score (nSPS) is 12.2. The zero-order chi connectivity index (χ0) is 23.2. The molecule has 8 nitrogen and oxygen atoms in total. The molecule has 0 saturated carbocycles. The highest BCUT2D eigenvalue weighted by atomic mass is 19.1. The Balaban J connectivity index is 1.88. The van der Waals surface area contributed by atoms with Crippen LogP contribution in [0.1, 0.15) is 40.1 Å². The van der Waals surface area contributed by atoms with Gasteiger partial charge in [-0.15, -0.1) is 0 Å². The lowest BCUT2D eigenvalue weighted by atomic mass is 9.99. The Hall–Kier alpha value is -4.01. The number of rotatable bonds is 5. The van der Waals surface area contributed by atoms with Crippen molar-refractivity contribution in [3.8, 4) is 11.3 Å². The fourth-order valence-corrected chi connectivity index (χ4v) is 3.73. The number of aryl methyl sites for hydroxylation is 2. The van der Waals surface area contributed by atoms with Crippen molar-refractivity contribution >= 4 is 22.6 Å². The van der Waals surface area contributed by atoms with E-state index in [9.17, 15) is 19.1 Å². The summed E-state index contributed by atoms with van der Waals surface area (Å²) in [4.78, 5) is 28.1. The van der Waals surface area contributed by atoms with E-state index in [1.807, 2.05) is 13.0 Å². The van der Waals surface area contributed by atoms with E-state index in [2.05, 4.69) is 15.4 Å². The lowest BCUT2D eigenvalue weighted by Gasteiger charge is -2.19. The van der Waals surface area contributed by atoms with Crippen molar-refractivity contribution in [3.05, 3.63) is 75.2 Å². The minimum absolute atomic E-state index is 0.156. The van der Waals surface area contributed by atoms with Gasteiger partial charge in [-0.1, -0.05) is 6.07 Å². The highest BCUT2D eigenvalue weighted by Crippen LogP contribution is 2.32. The summed E-state index contributed by atoms with van der Waals surface area (Å²) in [5, 5.41) is 17.0. The fraction of sp³-hybridized carbons (Fsp3) is 0.217. The smallest absolute Gasteiger partial charge is 0.356 e. The number of hydrogen-bond acceptors (Lipinski definition) is 6. The van der Waals surface area contributed by atoms with Crippen LogP contribution in [0, 0.1) is 19.8 Å². The van der Waals surface area contributed by atoms with Crippen molar-refractivity contribution in [2.75, 3.05) is 5.32 Å². The number of fused-ring (bicyclic) bond motifs is 1. The molecule has 0 radical (unpaired) electrons. The largest absolute Gasteiger partial charge is 0.476 e. The Morgan fingerprint density at radius 1 is 1.28 bits per heavy atom. The van der Waals surface area contributed by atoms with E-state index >= 15 is 0 Å². The second-order valence-electron chi connectivity index (χ2n) is 7.72. The van der Waals surface area contributed by atoms with Gasteiger partial charge in [0.1, 0.15) is 11.3 Å². The highest BCUT2D eigenvalue weighted by molar-refractivity contribution is 5.92. The minimum Gasteiger partial charge on any atom is -0.476 e. The van der Waals surface area contributed by atoms with E-state index in [1.165, 1.54) is 6.07 Å². The second-order valence-corrected chi connectivity index (χ2v) is 7.72. The molecule has 0 fully saturated rings. The topological polar surface area (TPSA) is 110 Å². The number of carbonyl (C=O) groups is 1. The summed E-state index contributed by atoms with van der Waals surface area (Å²) in [5.74, 6) is -1.82. The van der Waals surface area contributed by atoms with E-state index in [1.54, 1.807) is 44.0 Å². The molecule has 2 N–H and O–H groups in total. The Morgan fingerprint density at radius 3 is 2.69 bits per heavy atom. The van der Waals surface area contributed by atoms with Gasteiger partial charge in [0.15, 0.2) is 11.1 Å². The molecule has 9 heteroatoms. The lowest BCUT2D eigenvalue weighted by molar-refractivity contribution is 0.0690. The minimum atomic E-state index is -1.35. The van der Waals surface area contributed by atoms with Crippen LogP contribution < -0.4 is 10.7 Å². The maximum Gasteiger partial charge on any atom is 0.356 e. The first-order valence-corrected chi connectivity index (χ1v) is 9.89. The number of benzene rings is 1. The number of halogens is 1. The van der Waals surface area contributed by atoms with Gasteiger partial charge in [-0.3, -0.25) is 9.48 Å². The molecule has 164 valence electrons. The molecule has 0 amide bonds. The van der Waals surface area contributed by atoms with Crippen molar-refractivity contribution in [2.45, 2.75) is 26.8 Å². The van der Waals surface area contributed by atoms with Crippen LogP contribution in [0.3, 0.4) is 0 Å². The van der Waals surface area contributed by atoms with Gasteiger partial charge in [0.2, 0.25) is 5.95 Å². The first kappa shape index (κ1) is 21.2. The Labute approximate surface area is 182 Å². The number of anilines is 1. The van der Waals surface area contributed by atoms with Crippen LogP contribution >= 0.6 is 0 Å². The Morgan fingerprint density at radius 2 is 2.03 bits per heavy atom. The molecule has 1 atom stereocenters. The maximum absolute atomic E-state index is 13.5.